The zero-order chi connectivity index (χ0) is 20.7. The molecule has 0 atom stereocenters. The summed E-state index contributed by atoms with van der Waals surface area (Å²) in [7, 11) is 2.12. The number of benzene rings is 1. The molecule has 0 spiro atoms. The summed E-state index contributed by atoms with van der Waals surface area (Å²) in [6.07, 6.45) is 2.83. The van der Waals surface area contributed by atoms with Gasteiger partial charge >= 0.3 is 0 Å². The first-order chi connectivity index (χ1) is 13.0. The highest BCUT2D eigenvalue weighted by atomic mass is 35.5. The van der Waals surface area contributed by atoms with Crippen LogP contribution in [0.2, 0.25) is 5.02 Å². The van der Waals surface area contributed by atoms with E-state index in [0.29, 0.717) is 5.69 Å². The van der Waals surface area contributed by atoms with Crippen molar-refractivity contribution in [2.45, 2.75) is 57.7 Å². The van der Waals surface area contributed by atoms with E-state index in [1.807, 2.05) is 0 Å². The molecule has 5 nitrogen and oxygen atoms in total. The quantitative estimate of drug-likeness (QED) is 0.725. The van der Waals surface area contributed by atoms with Crippen molar-refractivity contribution in [1.29, 1.82) is 0 Å². The molecule has 1 aliphatic heterocycles. The first kappa shape index (κ1) is 20.7. The molecule has 8 heteroatoms. The second-order valence-corrected chi connectivity index (χ2v) is 8.98. The largest absolute Gasteiger partial charge is 0.365 e. The second kappa shape index (κ2) is 7.44. The fourth-order valence-corrected chi connectivity index (χ4v) is 4.08. The normalized spacial score (nSPS) is 19.4. The maximum absolute atomic E-state index is 14.3. The van der Waals surface area contributed by atoms with E-state index in [1.165, 1.54) is 18.2 Å². The Morgan fingerprint density at radius 3 is 2.36 bits per heavy atom. The third-order valence-corrected chi connectivity index (χ3v) is 5.86. The molecule has 1 aromatic carbocycles. The Balaban J connectivity index is 1.79. The van der Waals surface area contributed by atoms with E-state index in [1.54, 1.807) is 0 Å². The van der Waals surface area contributed by atoms with Gasteiger partial charge in [0.25, 0.3) is 0 Å². The van der Waals surface area contributed by atoms with Crippen LogP contribution in [0.4, 0.5) is 26.2 Å². The second-order valence-electron chi connectivity index (χ2n) is 8.58. The highest BCUT2D eigenvalue weighted by Gasteiger charge is 2.43. The molecule has 0 bridgehead atoms. The van der Waals surface area contributed by atoms with E-state index in [9.17, 15) is 8.78 Å². The van der Waals surface area contributed by atoms with Crippen LogP contribution in [-0.4, -0.2) is 39.0 Å². The van der Waals surface area contributed by atoms with Crippen molar-refractivity contribution in [3.8, 4) is 0 Å². The van der Waals surface area contributed by atoms with Crippen LogP contribution in [0.15, 0.2) is 24.4 Å². The lowest BCUT2D eigenvalue weighted by atomic mass is 9.77. The van der Waals surface area contributed by atoms with Gasteiger partial charge < -0.3 is 10.6 Å². The van der Waals surface area contributed by atoms with Crippen LogP contribution in [-0.2, 0) is 0 Å². The van der Waals surface area contributed by atoms with E-state index < -0.39 is 11.6 Å². The van der Waals surface area contributed by atoms with Gasteiger partial charge in [-0.3, -0.25) is 4.90 Å². The molecule has 2 aromatic rings. The Labute approximate surface area is 169 Å². The van der Waals surface area contributed by atoms with E-state index in [4.69, 9.17) is 11.6 Å². The number of rotatable bonds is 4. The maximum Gasteiger partial charge on any atom is 0.229 e. The number of anilines is 3. The molecule has 152 valence electrons. The number of aromatic nitrogens is 2. The fourth-order valence-electron chi connectivity index (χ4n) is 3.90. The van der Waals surface area contributed by atoms with Crippen LogP contribution in [0.25, 0.3) is 0 Å². The lowest BCUT2D eigenvalue weighted by molar-refractivity contribution is -0.00778. The van der Waals surface area contributed by atoms with Gasteiger partial charge in [-0.05, 0) is 65.8 Å². The number of halogens is 3. The SMILES string of the molecule is CN1C(C)(C)CC(Nc2nc(Nc3ccc(F)c(Cl)c3)ncc2F)CC1(C)C. The van der Waals surface area contributed by atoms with Crippen LogP contribution in [0.3, 0.4) is 0 Å². The molecule has 0 amide bonds. The van der Waals surface area contributed by atoms with Crippen molar-refractivity contribution in [1.82, 2.24) is 14.9 Å². The number of hydrogen-bond donors (Lipinski definition) is 2. The summed E-state index contributed by atoms with van der Waals surface area (Å²) in [5.41, 5.74) is 0.453. The van der Waals surface area contributed by atoms with Crippen molar-refractivity contribution in [2.75, 3.05) is 17.7 Å². The summed E-state index contributed by atoms with van der Waals surface area (Å²) in [5, 5.41) is 6.16. The highest BCUT2D eigenvalue weighted by Crippen LogP contribution is 2.38. The van der Waals surface area contributed by atoms with Gasteiger partial charge in [-0.2, -0.15) is 4.98 Å². The average molecular weight is 410 g/mol. The molecule has 2 heterocycles. The van der Waals surface area contributed by atoms with Gasteiger partial charge in [-0.15, -0.1) is 0 Å². The molecule has 3 rings (SSSR count). The van der Waals surface area contributed by atoms with E-state index in [2.05, 4.69) is 60.2 Å². The third kappa shape index (κ3) is 4.36. The predicted molar refractivity (Wildman–Crippen MR) is 109 cm³/mol. The van der Waals surface area contributed by atoms with Crippen LogP contribution >= 0.6 is 11.6 Å². The molecular weight excluding hydrogens is 384 g/mol. The summed E-state index contributed by atoms with van der Waals surface area (Å²) in [4.78, 5) is 10.6. The average Bonchev–Trinajstić information content (AvgIpc) is 2.58. The lowest BCUT2D eigenvalue weighted by Crippen LogP contribution is -2.61. The van der Waals surface area contributed by atoms with Crippen molar-refractivity contribution >= 4 is 29.1 Å². The summed E-state index contributed by atoms with van der Waals surface area (Å²) >= 11 is 5.80. The number of likely N-dealkylation sites (tertiary alicyclic amines) is 1. The van der Waals surface area contributed by atoms with Crippen LogP contribution in [0.1, 0.15) is 40.5 Å². The van der Waals surface area contributed by atoms with Gasteiger partial charge in [-0.25, -0.2) is 13.8 Å². The standard InChI is InChI=1S/C20H26ClF2N5/c1-19(2)9-13(10-20(3,4)28(19)5)25-17-16(23)11-24-18(27-17)26-12-6-7-15(22)14(21)8-12/h6-8,11,13H,9-10H2,1-5H3,(H2,24,25,26,27). The molecule has 1 saturated heterocycles. The summed E-state index contributed by atoms with van der Waals surface area (Å²) in [6.45, 7) is 8.74. The molecule has 1 aliphatic rings. The van der Waals surface area contributed by atoms with Crippen LogP contribution in [0.5, 0.6) is 0 Å². The van der Waals surface area contributed by atoms with Crippen LogP contribution < -0.4 is 10.6 Å². The van der Waals surface area contributed by atoms with Crippen molar-refractivity contribution in [3.63, 3.8) is 0 Å². The zero-order valence-corrected chi connectivity index (χ0v) is 17.5. The van der Waals surface area contributed by atoms with Gasteiger partial charge in [0.2, 0.25) is 5.95 Å². The third-order valence-electron chi connectivity index (χ3n) is 5.57. The predicted octanol–water partition coefficient (Wildman–Crippen LogP) is 5.22. The maximum atomic E-state index is 14.3. The minimum atomic E-state index is -0.516. The van der Waals surface area contributed by atoms with E-state index in [0.717, 1.165) is 19.0 Å². The fraction of sp³-hybridized carbons (Fsp3) is 0.500. The lowest BCUT2D eigenvalue weighted by Gasteiger charge is -2.53. The van der Waals surface area contributed by atoms with E-state index >= 15 is 0 Å². The van der Waals surface area contributed by atoms with Crippen LogP contribution in [0, 0.1) is 11.6 Å². The topological polar surface area (TPSA) is 53.1 Å². The van der Waals surface area contributed by atoms with Gasteiger partial charge in [0.05, 0.1) is 11.2 Å². The number of hydrogen-bond acceptors (Lipinski definition) is 5. The smallest absolute Gasteiger partial charge is 0.229 e. The minimum Gasteiger partial charge on any atom is -0.365 e. The Morgan fingerprint density at radius 2 is 1.75 bits per heavy atom. The Kier molecular flexibility index (Phi) is 5.51. The van der Waals surface area contributed by atoms with Gasteiger partial charge in [-0.1, -0.05) is 11.6 Å². The van der Waals surface area contributed by atoms with E-state index in [-0.39, 0.29) is 33.9 Å². The number of nitrogens with zero attached hydrogens (tertiary/aromatic N) is 3. The monoisotopic (exact) mass is 409 g/mol. The van der Waals surface area contributed by atoms with Gasteiger partial charge in [0.15, 0.2) is 11.6 Å². The molecule has 1 aromatic heterocycles. The summed E-state index contributed by atoms with van der Waals surface area (Å²) < 4.78 is 27.7. The molecule has 0 radical (unpaired) electrons. The highest BCUT2D eigenvalue weighted by molar-refractivity contribution is 6.31. The molecule has 0 saturated carbocycles. The van der Waals surface area contributed by atoms with Crippen molar-refractivity contribution in [2.24, 2.45) is 0 Å². The summed E-state index contributed by atoms with van der Waals surface area (Å²) in [6, 6.07) is 4.26. The van der Waals surface area contributed by atoms with Gasteiger partial charge in [0, 0.05) is 22.8 Å². The first-order valence-corrected chi connectivity index (χ1v) is 9.61. The Bertz CT molecular complexity index is 854. The molecule has 1 fully saturated rings. The molecule has 0 unspecified atom stereocenters. The number of nitrogens with one attached hydrogen (secondary N) is 2. The molecule has 28 heavy (non-hydrogen) atoms. The van der Waals surface area contributed by atoms with Crippen molar-refractivity contribution < 1.29 is 8.78 Å². The minimum absolute atomic E-state index is 0.0127. The molecule has 2 N–H and O–H groups in total. The summed E-state index contributed by atoms with van der Waals surface area (Å²) in [5.74, 6) is -0.677. The number of piperidine rings is 1. The van der Waals surface area contributed by atoms with Gasteiger partial charge in [0.1, 0.15) is 5.82 Å². The molecular formula is C20H26ClF2N5. The first-order valence-electron chi connectivity index (χ1n) is 9.23. The zero-order valence-electron chi connectivity index (χ0n) is 16.8. The Morgan fingerprint density at radius 1 is 1.11 bits per heavy atom. The van der Waals surface area contributed by atoms with Crippen molar-refractivity contribution in [3.05, 3.63) is 41.1 Å². The Hall–Kier alpha value is -1.99. The molecule has 0 aliphatic carbocycles.